The molecule has 1 aliphatic heterocycles. The number of carbonyl (C=O) groups excluding carboxylic acids is 1. The molecule has 1 atom stereocenters. The van der Waals surface area contributed by atoms with Gasteiger partial charge in [-0.2, -0.15) is 5.10 Å². The molecule has 0 saturated heterocycles. The van der Waals surface area contributed by atoms with Gasteiger partial charge < -0.3 is 5.11 Å². The summed E-state index contributed by atoms with van der Waals surface area (Å²) in [5, 5.41) is 16.6. The number of aromatic nitrogens is 2. The molecule has 6 nitrogen and oxygen atoms in total. The third-order valence-electron chi connectivity index (χ3n) is 5.48. The van der Waals surface area contributed by atoms with Crippen molar-refractivity contribution in [3.8, 4) is 17.0 Å². The number of pyridine rings is 2. The molecule has 2 aromatic carbocycles. The summed E-state index contributed by atoms with van der Waals surface area (Å²) in [5.74, 6) is -0.102. The Balaban J connectivity index is 1.54. The van der Waals surface area contributed by atoms with Crippen LogP contribution in [0, 0.1) is 0 Å². The van der Waals surface area contributed by atoms with Crippen LogP contribution in [0.4, 0.5) is 0 Å². The Hall–Kier alpha value is -4.32. The maximum Gasteiger partial charge on any atom is 0.274 e. The summed E-state index contributed by atoms with van der Waals surface area (Å²) in [7, 11) is 0. The molecule has 0 saturated carbocycles. The van der Waals surface area contributed by atoms with E-state index in [-0.39, 0.29) is 11.7 Å². The predicted molar refractivity (Wildman–Crippen MR) is 122 cm³/mol. The second-order valence-electron chi connectivity index (χ2n) is 7.51. The van der Waals surface area contributed by atoms with Crippen LogP contribution in [0.1, 0.15) is 33.9 Å². The van der Waals surface area contributed by atoms with Crippen LogP contribution >= 0.6 is 0 Å². The second kappa shape index (κ2) is 8.43. The van der Waals surface area contributed by atoms with Gasteiger partial charge in [-0.15, -0.1) is 0 Å². The van der Waals surface area contributed by atoms with Crippen molar-refractivity contribution < 1.29 is 9.90 Å². The van der Waals surface area contributed by atoms with E-state index in [1.807, 2.05) is 60.7 Å². The topological polar surface area (TPSA) is 78.7 Å². The number of phenolic OH excluding ortho intramolecular Hbond substituents is 1. The maximum atomic E-state index is 13.6. The van der Waals surface area contributed by atoms with Crippen molar-refractivity contribution in [2.24, 2.45) is 5.10 Å². The smallest absolute Gasteiger partial charge is 0.274 e. The number of carbonyl (C=O) groups is 1. The molecule has 6 heteroatoms. The Morgan fingerprint density at radius 1 is 0.906 bits per heavy atom. The SMILES string of the molecule is O=C(c1cccc(-c2ccccn2)c1)N1N=C(c2cccnc2)CC1c1ccccc1O. The Kier molecular flexibility index (Phi) is 5.17. The van der Waals surface area contributed by atoms with E-state index in [0.29, 0.717) is 17.5 Å². The van der Waals surface area contributed by atoms with Gasteiger partial charge in [0, 0.05) is 47.3 Å². The van der Waals surface area contributed by atoms with Crippen LogP contribution < -0.4 is 0 Å². The number of rotatable bonds is 4. The first kappa shape index (κ1) is 19.6. The summed E-state index contributed by atoms with van der Waals surface area (Å²) < 4.78 is 0. The molecule has 0 spiro atoms. The number of phenols is 1. The quantitative estimate of drug-likeness (QED) is 0.512. The van der Waals surface area contributed by atoms with Gasteiger partial charge in [-0.1, -0.05) is 42.5 Å². The van der Waals surface area contributed by atoms with Gasteiger partial charge in [0.25, 0.3) is 5.91 Å². The summed E-state index contributed by atoms with van der Waals surface area (Å²) in [6.45, 7) is 0. The molecule has 156 valence electrons. The molecular weight excluding hydrogens is 400 g/mol. The van der Waals surface area contributed by atoms with Crippen LogP contribution in [-0.4, -0.2) is 31.7 Å². The van der Waals surface area contributed by atoms with Crippen LogP contribution in [-0.2, 0) is 0 Å². The minimum absolute atomic E-state index is 0.139. The van der Waals surface area contributed by atoms with Crippen molar-refractivity contribution in [1.82, 2.24) is 15.0 Å². The van der Waals surface area contributed by atoms with Gasteiger partial charge in [0.15, 0.2) is 0 Å². The number of hydrazone groups is 1. The second-order valence-corrected chi connectivity index (χ2v) is 7.51. The standard InChI is InChI=1S/C26H20N4O2/c31-25-12-2-1-10-21(25)24-16-23(20-9-6-13-27-17-20)29-30(24)26(32)19-8-5-7-18(15-19)22-11-3-4-14-28-22/h1-15,17,24,31H,16H2. The number of benzene rings is 2. The highest BCUT2D eigenvalue weighted by Crippen LogP contribution is 2.37. The van der Waals surface area contributed by atoms with Gasteiger partial charge in [-0.25, -0.2) is 5.01 Å². The molecule has 32 heavy (non-hydrogen) atoms. The Bertz CT molecular complexity index is 1290. The Labute approximate surface area is 185 Å². The highest BCUT2D eigenvalue weighted by Gasteiger charge is 2.35. The van der Waals surface area contributed by atoms with Crippen LogP contribution in [0.15, 0.2) is 103 Å². The molecule has 1 amide bonds. The number of aromatic hydroxyl groups is 1. The van der Waals surface area contributed by atoms with Crippen molar-refractivity contribution in [3.05, 3.63) is 114 Å². The Morgan fingerprint density at radius 2 is 1.75 bits per heavy atom. The van der Waals surface area contributed by atoms with Crippen molar-refractivity contribution in [1.29, 1.82) is 0 Å². The van der Waals surface area contributed by atoms with E-state index in [1.165, 1.54) is 5.01 Å². The van der Waals surface area contributed by atoms with Crippen molar-refractivity contribution >= 4 is 11.6 Å². The monoisotopic (exact) mass is 420 g/mol. The fourth-order valence-corrected chi connectivity index (χ4v) is 3.89. The number of para-hydroxylation sites is 1. The largest absolute Gasteiger partial charge is 0.508 e. The number of hydrogen-bond donors (Lipinski definition) is 1. The molecule has 5 rings (SSSR count). The van der Waals surface area contributed by atoms with E-state index in [0.717, 1.165) is 22.5 Å². The summed E-state index contributed by atoms with van der Waals surface area (Å²) in [6, 6.07) is 23.4. The van der Waals surface area contributed by atoms with E-state index in [1.54, 1.807) is 36.8 Å². The van der Waals surface area contributed by atoms with Crippen LogP contribution in [0.2, 0.25) is 0 Å². The first-order valence-corrected chi connectivity index (χ1v) is 10.3. The highest BCUT2D eigenvalue weighted by molar-refractivity contribution is 6.05. The van der Waals surface area contributed by atoms with Gasteiger partial charge in [0.1, 0.15) is 5.75 Å². The Morgan fingerprint density at radius 3 is 2.53 bits per heavy atom. The third-order valence-corrected chi connectivity index (χ3v) is 5.48. The molecule has 0 aliphatic carbocycles. The zero-order valence-corrected chi connectivity index (χ0v) is 17.2. The maximum absolute atomic E-state index is 13.6. The lowest BCUT2D eigenvalue weighted by atomic mass is 9.98. The summed E-state index contributed by atoms with van der Waals surface area (Å²) >= 11 is 0. The minimum Gasteiger partial charge on any atom is -0.508 e. The zero-order valence-electron chi connectivity index (χ0n) is 17.2. The zero-order chi connectivity index (χ0) is 21.9. The van der Waals surface area contributed by atoms with Crippen molar-refractivity contribution in [3.63, 3.8) is 0 Å². The molecule has 0 bridgehead atoms. The van der Waals surface area contributed by atoms with E-state index in [2.05, 4.69) is 15.1 Å². The fraction of sp³-hybridized carbons (Fsp3) is 0.0769. The first-order chi connectivity index (χ1) is 15.7. The van der Waals surface area contributed by atoms with E-state index < -0.39 is 6.04 Å². The lowest BCUT2D eigenvalue weighted by molar-refractivity contribution is 0.0709. The molecule has 4 aromatic rings. The van der Waals surface area contributed by atoms with E-state index >= 15 is 0 Å². The lowest BCUT2D eigenvalue weighted by Crippen LogP contribution is -2.27. The van der Waals surface area contributed by atoms with Gasteiger partial charge in [-0.3, -0.25) is 14.8 Å². The molecular formula is C26H20N4O2. The number of nitrogens with zero attached hydrogens (tertiary/aromatic N) is 4. The van der Waals surface area contributed by atoms with Crippen LogP contribution in [0.3, 0.4) is 0 Å². The summed E-state index contributed by atoms with van der Waals surface area (Å²) in [6.07, 6.45) is 5.64. The average molecular weight is 420 g/mol. The van der Waals surface area contributed by atoms with Gasteiger partial charge in [-0.05, 0) is 36.4 Å². The molecule has 1 unspecified atom stereocenters. The molecule has 0 radical (unpaired) electrons. The fourth-order valence-electron chi connectivity index (χ4n) is 3.89. The van der Waals surface area contributed by atoms with Crippen LogP contribution in [0.5, 0.6) is 5.75 Å². The molecule has 3 heterocycles. The molecule has 1 aliphatic rings. The summed E-state index contributed by atoms with van der Waals surface area (Å²) in [4.78, 5) is 22.2. The first-order valence-electron chi connectivity index (χ1n) is 10.3. The minimum atomic E-state index is -0.419. The normalized spacial score (nSPS) is 15.4. The van der Waals surface area contributed by atoms with Crippen LogP contribution in [0.25, 0.3) is 11.3 Å². The number of hydrogen-bond acceptors (Lipinski definition) is 5. The van der Waals surface area contributed by atoms with Gasteiger partial charge in [0.2, 0.25) is 0 Å². The molecule has 2 aromatic heterocycles. The van der Waals surface area contributed by atoms with E-state index in [9.17, 15) is 9.90 Å². The lowest BCUT2D eigenvalue weighted by Gasteiger charge is -2.23. The van der Waals surface area contributed by atoms with Crippen molar-refractivity contribution in [2.45, 2.75) is 12.5 Å². The van der Waals surface area contributed by atoms with E-state index in [4.69, 9.17) is 0 Å². The molecule has 1 N–H and O–H groups in total. The predicted octanol–water partition coefficient (Wildman–Crippen LogP) is 4.84. The molecule has 0 fully saturated rings. The van der Waals surface area contributed by atoms with Crippen molar-refractivity contribution in [2.75, 3.05) is 0 Å². The highest BCUT2D eigenvalue weighted by atomic mass is 16.3. The number of amides is 1. The van der Waals surface area contributed by atoms with Gasteiger partial charge >= 0.3 is 0 Å². The average Bonchev–Trinajstić information content (AvgIpc) is 3.30. The summed E-state index contributed by atoms with van der Waals surface area (Å²) in [5.41, 5.74) is 4.41. The third kappa shape index (κ3) is 3.74. The van der Waals surface area contributed by atoms with Gasteiger partial charge in [0.05, 0.1) is 17.4 Å².